The van der Waals surface area contributed by atoms with Crippen LogP contribution in [0, 0.1) is 0 Å². The molecule has 0 aromatic heterocycles. The van der Waals surface area contributed by atoms with Gasteiger partial charge in [-0.25, -0.2) is 0 Å². The van der Waals surface area contributed by atoms with Gasteiger partial charge in [0.1, 0.15) is 0 Å². The Hall–Kier alpha value is -0.440. The predicted octanol–water partition coefficient (Wildman–Crippen LogP) is 1.33. The van der Waals surface area contributed by atoms with Crippen LogP contribution in [0.25, 0.3) is 10.4 Å². The molecule has 1 N–H and O–H groups in total. The topological polar surface area (TPSA) is 60.8 Å². The molecule has 0 amide bonds. The van der Waals surface area contributed by atoms with Gasteiger partial charge in [-0.05, 0) is 12.1 Å². The quantitative estimate of drug-likeness (QED) is 0.280. The average Bonchev–Trinajstić information content (AvgIpc) is 1.81. The Labute approximate surface area is 60.7 Å². The van der Waals surface area contributed by atoms with Crippen LogP contribution in [0.4, 0.5) is 0 Å². The number of hydrogen-bond acceptors (Lipinski definition) is 2. The minimum atomic E-state index is 0. The van der Waals surface area contributed by atoms with Gasteiger partial charge in [-0.15, -0.1) is 12.4 Å². The number of nitrogens with zero attached hydrogens (tertiary/aromatic N) is 3. The third-order valence-electron chi connectivity index (χ3n) is 0.702. The molecule has 9 heavy (non-hydrogen) atoms. The lowest BCUT2D eigenvalue weighted by atomic mass is 10.6. The third kappa shape index (κ3) is 11.2. The highest BCUT2D eigenvalue weighted by atomic mass is 35.5. The van der Waals surface area contributed by atoms with Crippen LogP contribution in [0.3, 0.4) is 0 Å². The van der Waals surface area contributed by atoms with E-state index in [1.54, 1.807) is 0 Å². The minimum absolute atomic E-state index is 0. The zero-order chi connectivity index (χ0) is 6.24. The molecule has 0 bridgehead atoms. The highest BCUT2D eigenvalue weighted by Crippen LogP contribution is 1.66. The Bertz CT molecular complexity index is 88.6. The second kappa shape index (κ2) is 10.5. The molecule has 0 heterocycles. The summed E-state index contributed by atoms with van der Waals surface area (Å²) in [6.07, 6.45) is 0. The summed E-state index contributed by atoms with van der Waals surface area (Å²) in [6, 6.07) is 0. The normalized spacial score (nSPS) is 7.22. The van der Waals surface area contributed by atoms with Crippen LogP contribution in [0.15, 0.2) is 5.11 Å². The Morgan fingerprint density at radius 2 is 2.33 bits per heavy atom. The van der Waals surface area contributed by atoms with Crippen LogP contribution in [0.5, 0.6) is 0 Å². The molecule has 5 heteroatoms. The summed E-state index contributed by atoms with van der Waals surface area (Å²) < 4.78 is 0. The smallest absolute Gasteiger partial charge is 0.0383 e. The van der Waals surface area contributed by atoms with Crippen LogP contribution < -0.4 is 5.32 Å². The van der Waals surface area contributed by atoms with Gasteiger partial charge in [0.15, 0.2) is 0 Å². The molecular formula is C4H11ClN4. The van der Waals surface area contributed by atoms with E-state index in [9.17, 15) is 0 Å². The van der Waals surface area contributed by atoms with E-state index in [4.69, 9.17) is 5.53 Å². The summed E-state index contributed by atoms with van der Waals surface area (Å²) in [5, 5.41) is 6.35. The molecule has 0 fully saturated rings. The fourth-order valence-corrected chi connectivity index (χ4v) is 0.351. The highest BCUT2D eigenvalue weighted by Gasteiger charge is 1.76. The van der Waals surface area contributed by atoms with E-state index in [2.05, 4.69) is 15.3 Å². The van der Waals surface area contributed by atoms with Crippen LogP contribution >= 0.6 is 12.4 Å². The lowest BCUT2D eigenvalue weighted by Gasteiger charge is -1.92. The van der Waals surface area contributed by atoms with E-state index in [1.165, 1.54) is 0 Å². The number of halogens is 1. The van der Waals surface area contributed by atoms with E-state index in [1.807, 2.05) is 6.92 Å². The first-order valence-electron chi connectivity index (χ1n) is 2.63. The average molecular weight is 151 g/mol. The van der Waals surface area contributed by atoms with E-state index in [-0.39, 0.29) is 12.4 Å². The predicted molar refractivity (Wildman–Crippen MR) is 39.8 cm³/mol. The van der Waals surface area contributed by atoms with Crippen molar-refractivity contribution < 1.29 is 0 Å². The molecule has 0 rings (SSSR count). The highest BCUT2D eigenvalue weighted by molar-refractivity contribution is 5.85. The van der Waals surface area contributed by atoms with Gasteiger partial charge >= 0.3 is 0 Å². The zero-order valence-corrected chi connectivity index (χ0v) is 6.19. The molecule has 0 radical (unpaired) electrons. The van der Waals surface area contributed by atoms with Crippen molar-refractivity contribution in [3.63, 3.8) is 0 Å². The number of likely N-dealkylation sites (N-methyl/N-ethyl adjacent to an activating group) is 1. The standard InChI is InChI=1S/C4H10N4.ClH/c1-2-6-3-4-7-8-5;/h6H,2-4H2,1H3;1H. The van der Waals surface area contributed by atoms with Gasteiger partial charge in [0.05, 0.1) is 0 Å². The molecule has 0 aromatic rings. The maximum Gasteiger partial charge on any atom is 0.0383 e. The van der Waals surface area contributed by atoms with Crippen molar-refractivity contribution in [2.24, 2.45) is 5.11 Å². The van der Waals surface area contributed by atoms with Gasteiger partial charge in [-0.1, -0.05) is 12.0 Å². The van der Waals surface area contributed by atoms with Gasteiger partial charge in [0.25, 0.3) is 0 Å². The number of nitrogens with one attached hydrogen (secondary N) is 1. The second-order valence-corrected chi connectivity index (χ2v) is 1.31. The molecule has 0 saturated heterocycles. The SMILES string of the molecule is CCNCCN=[N+]=[N-].Cl. The lowest BCUT2D eigenvalue weighted by Crippen LogP contribution is -2.15. The first kappa shape index (κ1) is 11.4. The molecule has 54 valence electrons. The Kier molecular flexibility index (Phi) is 13.3. The summed E-state index contributed by atoms with van der Waals surface area (Å²) in [4.78, 5) is 2.59. The van der Waals surface area contributed by atoms with Crippen molar-refractivity contribution >= 4 is 12.4 Å². The summed E-state index contributed by atoms with van der Waals surface area (Å²) in [5.41, 5.74) is 7.80. The molecule has 0 spiro atoms. The summed E-state index contributed by atoms with van der Waals surface area (Å²) in [7, 11) is 0. The van der Waals surface area contributed by atoms with E-state index in [0.717, 1.165) is 13.1 Å². The van der Waals surface area contributed by atoms with Crippen molar-refractivity contribution in [1.29, 1.82) is 0 Å². The Balaban J connectivity index is 0. The minimum Gasteiger partial charge on any atom is -0.317 e. The fraction of sp³-hybridized carbons (Fsp3) is 1.00. The summed E-state index contributed by atoms with van der Waals surface area (Å²) in [6.45, 7) is 4.27. The molecular weight excluding hydrogens is 140 g/mol. The molecule has 0 aliphatic heterocycles. The van der Waals surface area contributed by atoms with Crippen molar-refractivity contribution in [3.05, 3.63) is 10.4 Å². The molecule has 0 saturated carbocycles. The summed E-state index contributed by atoms with van der Waals surface area (Å²) >= 11 is 0. The Morgan fingerprint density at radius 1 is 1.67 bits per heavy atom. The molecule has 0 aromatic carbocycles. The maximum atomic E-state index is 7.80. The molecule has 0 unspecified atom stereocenters. The first-order chi connectivity index (χ1) is 3.91. The first-order valence-corrected chi connectivity index (χ1v) is 2.63. The number of rotatable bonds is 4. The monoisotopic (exact) mass is 150 g/mol. The number of hydrogen-bond donors (Lipinski definition) is 1. The largest absolute Gasteiger partial charge is 0.317 e. The van der Waals surface area contributed by atoms with Crippen molar-refractivity contribution in [3.8, 4) is 0 Å². The van der Waals surface area contributed by atoms with Crippen molar-refractivity contribution in [2.45, 2.75) is 6.92 Å². The molecule has 0 atom stereocenters. The van der Waals surface area contributed by atoms with Gasteiger partial charge in [0.2, 0.25) is 0 Å². The molecule has 4 nitrogen and oxygen atoms in total. The second-order valence-electron chi connectivity index (χ2n) is 1.31. The van der Waals surface area contributed by atoms with E-state index >= 15 is 0 Å². The van der Waals surface area contributed by atoms with Gasteiger partial charge in [-0.3, -0.25) is 0 Å². The van der Waals surface area contributed by atoms with Crippen molar-refractivity contribution in [1.82, 2.24) is 5.32 Å². The van der Waals surface area contributed by atoms with Crippen LogP contribution in [0.1, 0.15) is 6.92 Å². The van der Waals surface area contributed by atoms with Crippen LogP contribution in [-0.4, -0.2) is 19.6 Å². The molecule has 0 aliphatic rings. The lowest BCUT2D eigenvalue weighted by molar-refractivity contribution is 0.723. The maximum absolute atomic E-state index is 7.80. The van der Waals surface area contributed by atoms with Crippen LogP contribution in [-0.2, 0) is 0 Å². The van der Waals surface area contributed by atoms with Crippen molar-refractivity contribution in [2.75, 3.05) is 19.6 Å². The zero-order valence-electron chi connectivity index (χ0n) is 5.37. The fourth-order valence-electron chi connectivity index (χ4n) is 0.351. The third-order valence-corrected chi connectivity index (χ3v) is 0.702. The van der Waals surface area contributed by atoms with Crippen LogP contribution in [0.2, 0.25) is 0 Å². The summed E-state index contributed by atoms with van der Waals surface area (Å²) in [5.74, 6) is 0. The van der Waals surface area contributed by atoms with E-state index in [0.29, 0.717) is 6.54 Å². The van der Waals surface area contributed by atoms with Gasteiger partial charge < -0.3 is 5.32 Å². The Morgan fingerprint density at radius 3 is 2.78 bits per heavy atom. The van der Waals surface area contributed by atoms with Gasteiger partial charge in [0, 0.05) is 18.0 Å². The molecule has 0 aliphatic carbocycles. The van der Waals surface area contributed by atoms with E-state index < -0.39 is 0 Å². The van der Waals surface area contributed by atoms with Gasteiger partial charge in [-0.2, -0.15) is 0 Å². The number of azide groups is 1.